The van der Waals surface area contributed by atoms with Gasteiger partial charge in [0.05, 0.1) is 17.6 Å². The minimum Gasteiger partial charge on any atom is -0.331 e. The molecule has 1 aromatic carbocycles. The van der Waals surface area contributed by atoms with E-state index in [9.17, 15) is 0 Å². The first-order chi connectivity index (χ1) is 8.63. The molecule has 3 aromatic rings. The topological polar surface area (TPSA) is 20.7 Å². The van der Waals surface area contributed by atoms with E-state index < -0.39 is 0 Å². The van der Waals surface area contributed by atoms with Gasteiger partial charge in [-0.2, -0.15) is 0 Å². The number of rotatable bonds is 2. The summed E-state index contributed by atoms with van der Waals surface area (Å²) in [5, 5.41) is 2.10. The molecule has 18 heavy (non-hydrogen) atoms. The maximum Gasteiger partial charge on any atom is 0.178 e. The second-order valence-corrected chi connectivity index (χ2v) is 6.57. The summed E-state index contributed by atoms with van der Waals surface area (Å²) in [6.07, 6.45) is 0. The molecule has 0 aliphatic carbocycles. The molecule has 0 fully saturated rings. The van der Waals surface area contributed by atoms with Crippen LogP contribution in [0.1, 0.15) is 10.4 Å². The van der Waals surface area contributed by atoms with E-state index in [4.69, 9.17) is 12.2 Å². The molecule has 0 aliphatic heterocycles. The zero-order chi connectivity index (χ0) is 12.7. The molecule has 2 aromatic heterocycles. The third-order valence-electron chi connectivity index (χ3n) is 2.87. The molecule has 0 atom stereocenters. The molecule has 5 heteroatoms. The highest BCUT2D eigenvalue weighted by atomic mass is 79.9. The molecule has 0 spiro atoms. The molecule has 0 saturated heterocycles. The number of aromatic nitrogens is 2. The van der Waals surface area contributed by atoms with Crippen LogP contribution in [-0.2, 0) is 6.54 Å². The molecule has 1 N–H and O–H groups in total. The van der Waals surface area contributed by atoms with Gasteiger partial charge in [-0.05, 0) is 58.8 Å². The van der Waals surface area contributed by atoms with E-state index in [0.29, 0.717) is 0 Å². The minimum absolute atomic E-state index is 0.778. The molecule has 0 saturated carbocycles. The van der Waals surface area contributed by atoms with E-state index in [1.165, 1.54) is 16.0 Å². The molecule has 0 bridgehead atoms. The van der Waals surface area contributed by atoms with Crippen molar-refractivity contribution in [2.24, 2.45) is 0 Å². The van der Waals surface area contributed by atoms with Gasteiger partial charge in [0.1, 0.15) is 0 Å². The Morgan fingerprint density at radius 1 is 1.39 bits per heavy atom. The van der Waals surface area contributed by atoms with Crippen LogP contribution in [0.4, 0.5) is 0 Å². The van der Waals surface area contributed by atoms with Gasteiger partial charge in [-0.3, -0.25) is 0 Å². The SMILES string of the molecule is Cc1ccc2[nH]c(=S)n(Cc3cc(Br)cs3)c2c1. The zero-order valence-corrected chi connectivity index (χ0v) is 13.0. The van der Waals surface area contributed by atoms with Crippen LogP contribution in [0.5, 0.6) is 0 Å². The lowest BCUT2D eigenvalue weighted by Crippen LogP contribution is -1.97. The summed E-state index contributed by atoms with van der Waals surface area (Å²) in [5.41, 5.74) is 3.52. The van der Waals surface area contributed by atoms with Crippen molar-refractivity contribution in [3.05, 3.63) is 49.3 Å². The Bertz CT molecular complexity index is 767. The quantitative estimate of drug-likeness (QED) is 0.660. The smallest absolute Gasteiger partial charge is 0.178 e. The van der Waals surface area contributed by atoms with Crippen LogP contribution in [0.15, 0.2) is 34.1 Å². The number of hydrogen-bond donors (Lipinski definition) is 1. The van der Waals surface area contributed by atoms with Crippen molar-refractivity contribution in [1.82, 2.24) is 9.55 Å². The van der Waals surface area contributed by atoms with E-state index in [-0.39, 0.29) is 0 Å². The van der Waals surface area contributed by atoms with Crippen molar-refractivity contribution in [2.75, 3.05) is 0 Å². The number of benzene rings is 1. The summed E-state index contributed by atoms with van der Waals surface area (Å²) < 4.78 is 4.06. The zero-order valence-electron chi connectivity index (χ0n) is 9.74. The van der Waals surface area contributed by atoms with Gasteiger partial charge in [-0.15, -0.1) is 11.3 Å². The number of aromatic amines is 1. The number of fused-ring (bicyclic) bond motifs is 1. The number of aryl methyl sites for hydroxylation is 1. The van der Waals surface area contributed by atoms with Crippen LogP contribution in [0.3, 0.4) is 0 Å². The normalized spacial score (nSPS) is 11.2. The van der Waals surface area contributed by atoms with Crippen LogP contribution in [0.2, 0.25) is 0 Å². The Balaban J connectivity index is 2.13. The lowest BCUT2D eigenvalue weighted by molar-refractivity contribution is 0.823. The lowest BCUT2D eigenvalue weighted by atomic mass is 10.2. The molecule has 0 radical (unpaired) electrons. The van der Waals surface area contributed by atoms with Crippen molar-refractivity contribution >= 4 is 50.5 Å². The molecule has 2 nitrogen and oxygen atoms in total. The lowest BCUT2D eigenvalue weighted by Gasteiger charge is -2.02. The van der Waals surface area contributed by atoms with Crippen LogP contribution in [0, 0.1) is 11.7 Å². The van der Waals surface area contributed by atoms with Crippen molar-refractivity contribution in [1.29, 1.82) is 0 Å². The van der Waals surface area contributed by atoms with Gasteiger partial charge in [0.25, 0.3) is 0 Å². The fraction of sp³-hybridized carbons (Fsp3) is 0.154. The average molecular weight is 339 g/mol. The molecule has 0 aliphatic rings. The molecule has 0 unspecified atom stereocenters. The summed E-state index contributed by atoms with van der Waals surface area (Å²) in [7, 11) is 0. The molecule has 2 heterocycles. The second-order valence-electron chi connectivity index (χ2n) is 4.27. The van der Waals surface area contributed by atoms with Crippen molar-refractivity contribution in [3.8, 4) is 0 Å². The first kappa shape index (κ1) is 12.1. The first-order valence-corrected chi connectivity index (χ1v) is 7.63. The summed E-state index contributed by atoms with van der Waals surface area (Å²) in [5.74, 6) is 0. The van der Waals surface area contributed by atoms with Gasteiger partial charge in [-0.25, -0.2) is 0 Å². The molecular formula is C13H11BrN2S2. The third-order valence-corrected chi connectivity index (χ3v) is 4.87. The van der Waals surface area contributed by atoms with E-state index in [0.717, 1.165) is 21.3 Å². The average Bonchev–Trinajstić information content (AvgIpc) is 2.86. The van der Waals surface area contributed by atoms with Crippen LogP contribution >= 0.6 is 39.5 Å². The maximum absolute atomic E-state index is 5.40. The van der Waals surface area contributed by atoms with Gasteiger partial charge in [0.2, 0.25) is 0 Å². The van der Waals surface area contributed by atoms with Crippen LogP contribution < -0.4 is 0 Å². The Kier molecular flexibility index (Phi) is 3.13. The number of hydrogen-bond acceptors (Lipinski definition) is 2. The van der Waals surface area contributed by atoms with Gasteiger partial charge in [-0.1, -0.05) is 6.07 Å². The number of nitrogens with one attached hydrogen (secondary N) is 1. The summed E-state index contributed by atoms with van der Waals surface area (Å²) >= 11 is 10.6. The molecule has 3 rings (SSSR count). The predicted molar refractivity (Wildman–Crippen MR) is 83.0 cm³/mol. The van der Waals surface area contributed by atoms with Crippen molar-refractivity contribution in [3.63, 3.8) is 0 Å². The second kappa shape index (κ2) is 4.64. The number of imidazole rings is 1. The highest BCUT2D eigenvalue weighted by Crippen LogP contribution is 2.23. The first-order valence-electron chi connectivity index (χ1n) is 5.55. The van der Waals surface area contributed by atoms with Gasteiger partial charge >= 0.3 is 0 Å². The predicted octanol–water partition coefficient (Wildman–Crippen LogP) is 4.88. The number of nitrogens with zero attached hydrogens (tertiary/aromatic N) is 1. The fourth-order valence-electron chi connectivity index (χ4n) is 2.01. The van der Waals surface area contributed by atoms with Gasteiger partial charge in [0.15, 0.2) is 4.77 Å². The largest absolute Gasteiger partial charge is 0.331 e. The van der Waals surface area contributed by atoms with Crippen molar-refractivity contribution < 1.29 is 0 Å². The van der Waals surface area contributed by atoms with E-state index >= 15 is 0 Å². The summed E-state index contributed by atoms with van der Waals surface area (Å²) in [6, 6.07) is 8.49. The highest BCUT2D eigenvalue weighted by molar-refractivity contribution is 9.10. The Morgan fingerprint density at radius 2 is 2.22 bits per heavy atom. The Hall–Kier alpha value is -0.910. The number of H-pyrrole nitrogens is 1. The number of halogens is 1. The molecular weight excluding hydrogens is 328 g/mol. The number of thiophene rings is 1. The van der Waals surface area contributed by atoms with Gasteiger partial charge < -0.3 is 9.55 Å². The Labute approximate surface area is 122 Å². The van der Waals surface area contributed by atoms with E-state index in [1.807, 2.05) is 0 Å². The molecule has 92 valence electrons. The van der Waals surface area contributed by atoms with E-state index in [1.54, 1.807) is 11.3 Å². The monoisotopic (exact) mass is 338 g/mol. The van der Waals surface area contributed by atoms with Crippen LogP contribution in [-0.4, -0.2) is 9.55 Å². The fourth-order valence-corrected chi connectivity index (χ4v) is 3.72. The molecule has 0 amide bonds. The van der Waals surface area contributed by atoms with E-state index in [2.05, 4.69) is 62.1 Å². The third kappa shape index (κ3) is 2.18. The summed E-state index contributed by atoms with van der Waals surface area (Å²) in [6.45, 7) is 2.92. The Morgan fingerprint density at radius 3 is 2.94 bits per heavy atom. The van der Waals surface area contributed by atoms with Crippen LogP contribution in [0.25, 0.3) is 11.0 Å². The highest BCUT2D eigenvalue weighted by Gasteiger charge is 2.06. The minimum atomic E-state index is 0.778. The maximum atomic E-state index is 5.40. The van der Waals surface area contributed by atoms with Gasteiger partial charge in [0, 0.05) is 14.7 Å². The summed E-state index contributed by atoms with van der Waals surface area (Å²) in [4.78, 5) is 4.54. The standard InChI is InChI=1S/C13H11BrN2S2/c1-8-2-3-11-12(4-8)16(13(17)15-11)6-10-5-9(14)7-18-10/h2-5,7H,6H2,1H3,(H,15,17). The van der Waals surface area contributed by atoms with Crippen molar-refractivity contribution in [2.45, 2.75) is 13.5 Å².